The third-order valence-electron chi connectivity index (χ3n) is 6.76. The summed E-state index contributed by atoms with van der Waals surface area (Å²) < 4.78 is 29.2. The van der Waals surface area contributed by atoms with Crippen molar-refractivity contribution in [3.8, 4) is 0 Å². The molecule has 0 spiro atoms. The van der Waals surface area contributed by atoms with Gasteiger partial charge in [0.05, 0.1) is 10.6 Å². The quantitative estimate of drug-likeness (QED) is 0.273. The second-order valence-corrected chi connectivity index (χ2v) is 12.4. The van der Waals surface area contributed by atoms with Crippen molar-refractivity contribution in [3.05, 3.63) is 94.0 Å². The highest BCUT2D eigenvalue weighted by Gasteiger charge is 2.33. The first-order valence-corrected chi connectivity index (χ1v) is 15.2. The van der Waals surface area contributed by atoms with E-state index in [1.165, 1.54) is 4.90 Å². The van der Waals surface area contributed by atoms with Crippen molar-refractivity contribution >= 4 is 39.1 Å². The number of benzene rings is 3. The average molecular weight is 584 g/mol. The Labute approximate surface area is 243 Å². The Balaban J connectivity index is 2.04. The number of anilines is 1. The fraction of sp³-hybridized carbons (Fsp3) is 0.355. The molecule has 0 heterocycles. The third-order valence-corrected chi connectivity index (χ3v) is 8.77. The van der Waals surface area contributed by atoms with Gasteiger partial charge >= 0.3 is 0 Å². The van der Waals surface area contributed by atoms with Crippen LogP contribution in [0.5, 0.6) is 0 Å². The summed E-state index contributed by atoms with van der Waals surface area (Å²) in [5, 5.41) is 3.39. The summed E-state index contributed by atoms with van der Waals surface area (Å²) in [4.78, 5) is 28.6. The number of halogens is 1. The summed E-state index contributed by atoms with van der Waals surface area (Å²) in [6, 6.07) is 18.2. The Kier molecular flexibility index (Phi) is 10.8. The molecule has 9 heteroatoms. The molecule has 40 heavy (non-hydrogen) atoms. The minimum absolute atomic E-state index is 0.0820. The van der Waals surface area contributed by atoms with E-state index in [4.69, 9.17) is 11.6 Å². The van der Waals surface area contributed by atoms with E-state index in [9.17, 15) is 18.0 Å². The van der Waals surface area contributed by atoms with Crippen LogP contribution in [0, 0.1) is 20.8 Å². The molecule has 0 saturated carbocycles. The van der Waals surface area contributed by atoms with Crippen LogP contribution >= 0.6 is 11.6 Å². The summed E-state index contributed by atoms with van der Waals surface area (Å²) in [5.74, 6) is -0.807. The SMILES string of the molecule is CCCCNC(=O)[C@H](C)N(Cc1cccc(Cl)c1)C(=O)CN(c1cc(C)ccc1C)S(=O)(=O)c1ccc(C)cc1. The van der Waals surface area contributed by atoms with Crippen LogP contribution in [0.4, 0.5) is 5.69 Å². The summed E-state index contributed by atoms with van der Waals surface area (Å²) in [6.07, 6.45) is 1.73. The zero-order valence-electron chi connectivity index (χ0n) is 23.8. The normalized spacial score (nSPS) is 12.1. The van der Waals surface area contributed by atoms with Crippen molar-refractivity contribution < 1.29 is 18.0 Å². The molecule has 0 fully saturated rings. The Bertz CT molecular complexity index is 1440. The molecule has 0 saturated heterocycles. The lowest BCUT2D eigenvalue weighted by molar-refractivity contribution is -0.139. The van der Waals surface area contributed by atoms with Crippen LogP contribution in [0.25, 0.3) is 0 Å². The number of carbonyl (C=O) groups is 2. The van der Waals surface area contributed by atoms with E-state index in [2.05, 4.69) is 5.32 Å². The van der Waals surface area contributed by atoms with Crippen molar-refractivity contribution in [1.29, 1.82) is 0 Å². The maximum absolute atomic E-state index is 14.0. The molecular weight excluding hydrogens is 546 g/mol. The number of amides is 2. The zero-order chi connectivity index (χ0) is 29.4. The first-order chi connectivity index (χ1) is 18.9. The number of carbonyl (C=O) groups excluding carboxylic acids is 2. The lowest BCUT2D eigenvalue weighted by atomic mass is 10.1. The Morgan fingerprint density at radius 2 is 1.62 bits per heavy atom. The molecule has 0 unspecified atom stereocenters. The van der Waals surface area contributed by atoms with Gasteiger partial charge in [0.15, 0.2) is 0 Å². The van der Waals surface area contributed by atoms with Gasteiger partial charge in [-0.25, -0.2) is 8.42 Å². The monoisotopic (exact) mass is 583 g/mol. The van der Waals surface area contributed by atoms with Gasteiger partial charge in [-0.15, -0.1) is 0 Å². The van der Waals surface area contributed by atoms with Gasteiger partial charge in [0.25, 0.3) is 10.0 Å². The van der Waals surface area contributed by atoms with E-state index in [0.29, 0.717) is 22.8 Å². The second-order valence-electron chi connectivity index (χ2n) is 10.1. The topological polar surface area (TPSA) is 86.8 Å². The van der Waals surface area contributed by atoms with Gasteiger partial charge in [-0.1, -0.05) is 66.9 Å². The number of nitrogens with zero attached hydrogens (tertiary/aromatic N) is 2. The van der Waals surface area contributed by atoms with E-state index >= 15 is 0 Å². The van der Waals surface area contributed by atoms with E-state index in [0.717, 1.165) is 33.8 Å². The maximum Gasteiger partial charge on any atom is 0.264 e. The van der Waals surface area contributed by atoms with Gasteiger partial charge < -0.3 is 10.2 Å². The molecule has 0 aliphatic carbocycles. The summed E-state index contributed by atoms with van der Waals surface area (Å²) >= 11 is 6.20. The Hall–Kier alpha value is -3.36. The molecule has 214 valence electrons. The van der Waals surface area contributed by atoms with E-state index in [1.807, 2.05) is 45.9 Å². The summed E-state index contributed by atoms with van der Waals surface area (Å²) in [7, 11) is -4.12. The summed E-state index contributed by atoms with van der Waals surface area (Å²) in [6.45, 7) is 9.35. The lowest BCUT2D eigenvalue weighted by Crippen LogP contribution is -2.51. The molecule has 1 atom stereocenters. The molecule has 7 nitrogen and oxygen atoms in total. The highest BCUT2D eigenvalue weighted by Crippen LogP contribution is 2.29. The van der Waals surface area contributed by atoms with Crippen LogP contribution < -0.4 is 9.62 Å². The van der Waals surface area contributed by atoms with E-state index in [-0.39, 0.29) is 17.3 Å². The molecular formula is C31H38ClN3O4S. The molecule has 0 bridgehead atoms. The first kappa shape index (κ1) is 31.2. The standard InChI is InChI=1S/C31H38ClN3O4S/c1-6-7-17-33-31(37)25(5)34(20-26-9-8-10-27(32)19-26)30(36)21-35(29-18-23(3)11-14-24(29)4)40(38,39)28-15-12-22(2)13-16-28/h8-16,18-19,25H,6-7,17,20-21H2,1-5H3,(H,33,37)/t25-/m0/s1. The van der Waals surface area contributed by atoms with Crippen molar-refractivity contribution in [3.63, 3.8) is 0 Å². The predicted molar refractivity (Wildman–Crippen MR) is 161 cm³/mol. The minimum atomic E-state index is -4.12. The Morgan fingerprint density at radius 3 is 2.27 bits per heavy atom. The second kappa shape index (κ2) is 13.8. The van der Waals surface area contributed by atoms with Gasteiger partial charge in [0, 0.05) is 18.1 Å². The average Bonchev–Trinajstić information content (AvgIpc) is 2.91. The predicted octanol–water partition coefficient (Wildman–Crippen LogP) is 5.79. The number of sulfonamides is 1. The molecule has 3 aromatic rings. The third kappa shape index (κ3) is 7.86. The molecule has 3 rings (SSSR count). The highest BCUT2D eigenvalue weighted by atomic mass is 35.5. The molecule has 0 aliphatic rings. The number of aryl methyl sites for hydroxylation is 3. The van der Waals surface area contributed by atoms with Gasteiger partial charge in [-0.2, -0.15) is 0 Å². The Morgan fingerprint density at radius 1 is 0.950 bits per heavy atom. The largest absolute Gasteiger partial charge is 0.354 e. The highest BCUT2D eigenvalue weighted by molar-refractivity contribution is 7.92. The number of unbranched alkanes of at least 4 members (excludes halogenated alkanes) is 1. The minimum Gasteiger partial charge on any atom is -0.354 e. The van der Waals surface area contributed by atoms with Crippen molar-refractivity contribution in [1.82, 2.24) is 10.2 Å². The van der Waals surface area contributed by atoms with Crippen molar-refractivity contribution in [2.75, 3.05) is 17.4 Å². The maximum atomic E-state index is 14.0. The van der Waals surface area contributed by atoms with Crippen LogP contribution in [0.15, 0.2) is 71.6 Å². The molecule has 1 N–H and O–H groups in total. The van der Waals surface area contributed by atoms with Gasteiger partial charge in [0.1, 0.15) is 12.6 Å². The lowest BCUT2D eigenvalue weighted by Gasteiger charge is -2.32. The molecule has 2 amide bonds. The van der Waals surface area contributed by atoms with E-state index < -0.39 is 28.5 Å². The van der Waals surface area contributed by atoms with E-state index in [1.54, 1.807) is 55.5 Å². The zero-order valence-corrected chi connectivity index (χ0v) is 25.3. The molecule has 0 aliphatic heterocycles. The molecule has 0 aromatic heterocycles. The number of hydrogen-bond donors (Lipinski definition) is 1. The number of rotatable bonds is 12. The van der Waals surface area contributed by atoms with Crippen LogP contribution in [0.1, 0.15) is 48.9 Å². The smallest absolute Gasteiger partial charge is 0.264 e. The van der Waals surface area contributed by atoms with Crippen LogP contribution in [-0.4, -0.2) is 44.3 Å². The first-order valence-electron chi connectivity index (χ1n) is 13.4. The van der Waals surface area contributed by atoms with Crippen LogP contribution in [-0.2, 0) is 26.2 Å². The van der Waals surface area contributed by atoms with Crippen LogP contribution in [0.3, 0.4) is 0 Å². The fourth-order valence-electron chi connectivity index (χ4n) is 4.29. The van der Waals surface area contributed by atoms with Crippen LogP contribution in [0.2, 0.25) is 5.02 Å². The molecule has 0 radical (unpaired) electrons. The van der Waals surface area contributed by atoms with Crippen molar-refractivity contribution in [2.24, 2.45) is 0 Å². The fourth-order valence-corrected chi connectivity index (χ4v) is 5.97. The molecule has 3 aromatic carbocycles. The van der Waals surface area contributed by atoms with Gasteiger partial charge in [0.2, 0.25) is 11.8 Å². The van der Waals surface area contributed by atoms with Gasteiger partial charge in [-0.3, -0.25) is 13.9 Å². The van der Waals surface area contributed by atoms with Crippen molar-refractivity contribution in [2.45, 2.75) is 64.9 Å². The number of hydrogen-bond acceptors (Lipinski definition) is 4. The number of nitrogens with one attached hydrogen (secondary N) is 1. The summed E-state index contributed by atoms with van der Waals surface area (Å²) in [5.41, 5.74) is 3.63. The van der Waals surface area contributed by atoms with Gasteiger partial charge in [-0.05, 0) is 81.1 Å².